The second-order valence-electron chi connectivity index (χ2n) is 13.1. The molecule has 54 heavy (non-hydrogen) atoms. The quantitative estimate of drug-likeness (QED) is 0.179. The fourth-order valence-corrected chi connectivity index (χ4v) is 7.63. The van der Waals surface area contributed by atoms with Crippen molar-refractivity contribution in [3.63, 3.8) is 0 Å². The van der Waals surface area contributed by atoms with E-state index in [0.717, 1.165) is 60.5 Å². The maximum atomic E-state index is 10.5. The molecular weight excluding hydrogens is 663 g/mol. The van der Waals surface area contributed by atoms with Crippen LogP contribution in [0.15, 0.2) is 164 Å². The predicted octanol–water partition coefficient (Wildman–Crippen LogP) is 10.8. The zero-order chi connectivity index (χ0) is 36.2. The number of nitrogens with zero attached hydrogens (tertiary/aromatic N) is 7. The van der Waals surface area contributed by atoms with E-state index in [-0.39, 0.29) is 0 Å². The minimum atomic E-state index is 0.425. The first-order valence-corrected chi connectivity index (χ1v) is 17.6. The van der Waals surface area contributed by atoms with Crippen LogP contribution in [-0.2, 0) is 0 Å². The van der Waals surface area contributed by atoms with Gasteiger partial charge in [0.25, 0.3) is 0 Å². The number of hydrogen-bond acceptors (Lipinski definition) is 5. The number of rotatable bonds is 5. The van der Waals surface area contributed by atoms with Crippen LogP contribution in [0.2, 0.25) is 0 Å². The molecule has 7 nitrogen and oxygen atoms in total. The van der Waals surface area contributed by atoms with Crippen LogP contribution in [0.25, 0.3) is 89.2 Å². The van der Waals surface area contributed by atoms with Crippen molar-refractivity contribution in [3.8, 4) is 57.7 Å². The second-order valence-corrected chi connectivity index (χ2v) is 13.1. The average molecular weight is 690 g/mol. The number of hydrogen-bond donors (Lipinski definition) is 0. The van der Waals surface area contributed by atoms with E-state index in [1.165, 1.54) is 0 Å². The van der Waals surface area contributed by atoms with Crippen LogP contribution in [0.1, 0.15) is 11.1 Å². The Hall–Kier alpha value is -7.87. The normalized spacial score (nSPS) is 11.3. The molecule has 0 N–H and O–H groups in total. The van der Waals surface area contributed by atoms with Gasteiger partial charge in [0.15, 0.2) is 17.5 Å². The van der Waals surface area contributed by atoms with Crippen LogP contribution in [0, 0.1) is 22.7 Å². The van der Waals surface area contributed by atoms with Gasteiger partial charge in [-0.25, -0.2) is 15.0 Å². The fraction of sp³-hybridized carbons (Fsp3) is 0. The fourth-order valence-electron chi connectivity index (χ4n) is 7.63. The Balaban J connectivity index is 1.14. The van der Waals surface area contributed by atoms with Crippen molar-refractivity contribution in [3.05, 3.63) is 175 Å². The maximum absolute atomic E-state index is 10.5. The van der Waals surface area contributed by atoms with Gasteiger partial charge < -0.3 is 9.13 Å². The van der Waals surface area contributed by atoms with Gasteiger partial charge in [0, 0.05) is 38.2 Å². The molecule has 0 aliphatic rings. The minimum absolute atomic E-state index is 0.425. The molecule has 0 saturated carbocycles. The molecule has 0 fully saturated rings. The molecule has 0 aliphatic heterocycles. The smallest absolute Gasteiger partial charge is 0.164 e. The summed E-state index contributed by atoms with van der Waals surface area (Å²) in [5.41, 5.74) is 8.80. The lowest BCUT2D eigenvalue weighted by Crippen LogP contribution is -2.03. The summed E-state index contributed by atoms with van der Waals surface area (Å²) >= 11 is 0. The molecule has 0 amide bonds. The predicted molar refractivity (Wildman–Crippen MR) is 214 cm³/mol. The van der Waals surface area contributed by atoms with E-state index < -0.39 is 0 Å². The van der Waals surface area contributed by atoms with Crippen molar-refractivity contribution in [2.75, 3.05) is 0 Å². The van der Waals surface area contributed by atoms with Crippen molar-refractivity contribution in [2.24, 2.45) is 0 Å². The molecule has 250 valence electrons. The molecule has 7 heteroatoms. The number of para-hydroxylation sites is 4. The van der Waals surface area contributed by atoms with E-state index in [1.807, 2.05) is 115 Å². The Bertz CT molecular complexity index is 2890. The topological polar surface area (TPSA) is 96.1 Å². The molecule has 0 saturated heterocycles. The summed E-state index contributed by atoms with van der Waals surface area (Å²) in [6.45, 7) is 0. The van der Waals surface area contributed by atoms with E-state index in [4.69, 9.17) is 15.0 Å². The minimum Gasteiger partial charge on any atom is -0.308 e. The van der Waals surface area contributed by atoms with Gasteiger partial charge in [-0.1, -0.05) is 103 Å². The van der Waals surface area contributed by atoms with Crippen molar-refractivity contribution in [1.82, 2.24) is 24.1 Å². The number of nitriles is 2. The van der Waals surface area contributed by atoms with Crippen LogP contribution < -0.4 is 0 Å². The first kappa shape index (κ1) is 30.9. The Morgan fingerprint density at radius 1 is 0.352 bits per heavy atom. The Kier molecular flexibility index (Phi) is 7.11. The number of aromatic nitrogens is 5. The third-order valence-corrected chi connectivity index (χ3v) is 10.1. The Morgan fingerprint density at radius 3 is 1.06 bits per heavy atom. The van der Waals surface area contributed by atoms with Gasteiger partial charge >= 0.3 is 0 Å². The Labute approximate surface area is 309 Å². The molecule has 0 unspecified atom stereocenters. The summed E-state index contributed by atoms with van der Waals surface area (Å²) in [5, 5.41) is 25.6. The van der Waals surface area contributed by atoms with Crippen LogP contribution >= 0.6 is 0 Å². The van der Waals surface area contributed by atoms with Gasteiger partial charge in [-0.05, 0) is 60.7 Å². The molecule has 0 bridgehead atoms. The third kappa shape index (κ3) is 4.85. The molecule has 0 spiro atoms. The molecule has 10 aromatic rings. The Morgan fingerprint density at radius 2 is 0.685 bits per heavy atom. The van der Waals surface area contributed by atoms with Crippen LogP contribution in [0.5, 0.6) is 0 Å². The molecule has 3 heterocycles. The molecule has 0 atom stereocenters. The first-order chi connectivity index (χ1) is 26.7. The van der Waals surface area contributed by atoms with Crippen molar-refractivity contribution >= 4 is 43.6 Å². The second kappa shape index (κ2) is 12.4. The molecule has 0 radical (unpaired) electrons. The van der Waals surface area contributed by atoms with Gasteiger partial charge in [-0.3, -0.25) is 0 Å². The van der Waals surface area contributed by atoms with Crippen LogP contribution in [0.4, 0.5) is 0 Å². The van der Waals surface area contributed by atoms with Crippen LogP contribution in [-0.4, -0.2) is 24.1 Å². The number of fused-ring (bicyclic) bond motifs is 6. The maximum Gasteiger partial charge on any atom is 0.164 e. The van der Waals surface area contributed by atoms with Gasteiger partial charge in [-0.2, -0.15) is 10.5 Å². The largest absolute Gasteiger partial charge is 0.308 e. The summed E-state index contributed by atoms with van der Waals surface area (Å²) in [6, 6.07) is 59.2. The summed E-state index contributed by atoms with van der Waals surface area (Å²) < 4.78 is 4.28. The van der Waals surface area contributed by atoms with Gasteiger partial charge in [0.1, 0.15) is 12.1 Å². The third-order valence-electron chi connectivity index (χ3n) is 10.1. The highest BCUT2D eigenvalue weighted by molar-refractivity contribution is 6.10. The highest BCUT2D eigenvalue weighted by atomic mass is 15.0. The lowest BCUT2D eigenvalue weighted by atomic mass is 10.1. The monoisotopic (exact) mass is 689 g/mol. The van der Waals surface area contributed by atoms with E-state index in [1.54, 1.807) is 0 Å². The van der Waals surface area contributed by atoms with E-state index in [2.05, 4.69) is 69.8 Å². The molecular formula is C47H27N7. The van der Waals surface area contributed by atoms with Gasteiger partial charge in [0.05, 0.1) is 44.6 Å². The first-order valence-electron chi connectivity index (χ1n) is 17.6. The zero-order valence-corrected chi connectivity index (χ0v) is 28.7. The van der Waals surface area contributed by atoms with E-state index in [0.29, 0.717) is 39.7 Å². The van der Waals surface area contributed by atoms with Gasteiger partial charge in [-0.15, -0.1) is 0 Å². The van der Waals surface area contributed by atoms with Gasteiger partial charge in [0.2, 0.25) is 0 Å². The summed E-state index contributed by atoms with van der Waals surface area (Å²) in [6.07, 6.45) is 0. The molecule has 0 aliphatic carbocycles. The van der Waals surface area contributed by atoms with E-state index >= 15 is 0 Å². The standard InChI is InChI=1S/C47H27N7/c48-28-33-26-31(22-24-39(33)53-41-18-8-4-14-35(41)36-15-5-9-19-42(36)53)46-50-45(30-12-2-1-3-13-30)51-47(52-46)32-23-25-40(34(27-32)29-49)54-43-20-10-6-16-37(43)38-17-7-11-21-44(38)54/h1-27H. The van der Waals surface area contributed by atoms with Crippen molar-refractivity contribution in [2.45, 2.75) is 0 Å². The van der Waals surface area contributed by atoms with Crippen molar-refractivity contribution < 1.29 is 0 Å². The molecule has 3 aromatic heterocycles. The van der Waals surface area contributed by atoms with E-state index in [9.17, 15) is 10.5 Å². The lowest BCUT2D eigenvalue weighted by Gasteiger charge is -2.13. The number of benzene rings is 7. The lowest BCUT2D eigenvalue weighted by molar-refractivity contribution is 1.07. The SMILES string of the molecule is N#Cc1cc(-c2nc(-c3ccccc3)nc(-c3ccc(-n4c5ccccc5c5ccccc54)c(C#N)c3)n2)ccc1-n1c2ccccc2c2ccccc21. The highest BCUT2D eigenvalue weighted by Crippen LogP contribution is 2.36. The summed E-state index contributed by atoms with van der Waals surface area (Å²) in [4.78, 5) is 14.8. The summed E-state index contributed by atoms with van der Waals surface area (Å²) in [5.74, 6) is 1.34. The van der Waals surface area contributed by atoms with Crippen molar-refractivity contribution in [1.29, 1.82) is 10.5 Å². The average Bonchev–Trinajstić information content (AvgIpc) is 3.76. The molecule has 7 aromatic carbocycles. The van der Waals surface area contributed by atoms with Crippen LogP contribution in [0.3, 0.4) is 0 Å². The highest BCUT2D eigenvalue weighted by Gasteiger charge is 2.19. The zero-order valence-electron chi connectivity index (χ0n) is 28.7. The summed E-state index contributed by atoms with van der Waals surface area (Å²) in [7, 11) is 0. The molecule has 10 rings (SSSR count).